The van der Waals surface area contributed by atoms with E-state index in [-0.39, 0.29) is 6.04 Å². The molecular formula is C19H23N5. The van der Waals surface area contributed by atoms with Gasteiger partial charge < -0.3 is 5.32 Å². The molecule has 0 bridgehead atoms. The summed E-state index contributed by atoms with van der Waals surface area (Å²) in [7, 11) is 0. The third-order valence-electron chi connectivity index (χ3n) is 4.88. The van der Waals surface area contributed by atoms with Crippen LogP contribution >= 0.6 is 0 Å². The molecule has 2 atom stereocenters. The van der Waals surface area contributed by atoms with E-state index in [1.54, 1.807) is 0 Å². The van der Waals surface area contributed by atoms with Gasteiger partial charge in [0.1, 0.15) is 0 Å². The lowest BCUT2D eigenvalue weighted by Crippen LogP contribution is -2.28. The van der Waals surface area contributed by atoms with Crippen molar-refractivity contribution in [3.8, 4) is 0 Å². The molecule has 1 saturated carbocycles. The van der Waals surface area contributed by atoms with Crippen LogP contribution in [0.2, 0.25) is 0 Å². The number of fused-ring (bicyclic) bond motifs is 1. The van der Waals surface area contributed by atoms with Crippen molar-refractivity contribution in [2.24, 2.45) is 5.92 Å². The summed E-state index contributed by atoms with van der Waals surface area (Å²) in [6.45, 7) is 6.31. The van der Waals surface area contributed by atoms with Gasteiger partial charge in [0, 0.05) is 35.8 Å². The molecule has 5 nitrogen and oxygen atoms in total. The van der Waals surface area contributed by atoms with Crippen LogP contribution in [-0.2, 0) is 0 Å². The molecule has 0 aliphatic heterocycles. The van der Waals surface area contributed by atoms with Crippen LogP contribution in [-0.4, -0.2) is 19.6 Å². The highest BCUT2D eigenvalue weighted by molar-refractivity contribution is 5.42. The first kappa shape index (κ1) is 15.3. The van der Waals surface area contributed by atoms with E-state index in [0.29, 0.717) is 12.0 Å². The molecule has 3 heterocycles. The van der Waals surface area contributed by atoms with Gasteiger partial charge in [-0.15, -0.1) is 0 Å². The largest absolute Gasteiger partial charge is 0.302 e. The van der Waals surface area contributed by atoms with Crippen molar-refractivity contribution in [1.82, 2.24) is 24.9 Å². The van der Waals surface area contributed by atoms with Gasteiger partial charge in [-0.05, 0) is 51.7 Å². The average molecular weight is 321 g/mol. The van der Waals surface area contributed by atoms with Crippen LogP contribution < -0.4 is 5.32 Å². The molecule has 1 aliphatic carbocycles. The second kappa shape index (κ2) is 5.98. The smallest absolute Gasteiger partial charge is 0.155 e. The Balaban J connectivity index is 1.63. The van der Waals surface area contributed by atoms with Crippen LogP contribution in [0.4, 0.5) is 0 Å². The normalized spacial score (nSPS) is 17.1. The highest BCUT2D eigenvalue weighted by Gasteiger charge is 2.34. The maximum absolute atomic E-state index is 4.57. The molecule has 0 spiro atoms. The molecule has 24 heavy (non-hydrogen) atoms. The van der Waals surface area contributed by atoms with Gasteiger partial charge >= 0.3 is 0 Å². The van der Waals surface area contributed by atoms with Gasteiger partial charge in [0.15, 0.2) is 5.65 Å². The highest BCUT2D eigenvalue weighted by Crippen LogP contribution is 2.41. The van der Waals surface area contributed by atoms with Crippen LogP contribution in [0.3, 0.4) is 0 Å². The fourth-order valence-electron chi connectivity index (χ4n) is 3.41. The topological polar surface area (TPSA) is 55.1 Å². The molecule has 0 aromatic carbocycles. The Morgan fingerprint density at radius 1 is 1.21 bits per heavy atom. The zero-order valence-corrected chi connectivity index (χ0v) is 14.4. The quantitative estimate of drug-likeness (QED) is 0.781. The van der Waals surface area contributed by atoms with E-state index < -0.39 is 0 Å². The van der Waals surface area contributed by atoms with Crippen LogP contribution in [0.1, 0.15) is 54.5 Å². The molecule has 3 aromatic heterocycles. The van der Waals surface area contributed by atoms with Crippen LogP contribution in [0.5, 0.6) is 0 Å². The fraction of sp³-hybridized carbons (Fsp3) is 0.421. The number of nitrogens with zero attached hydrogens (tertiary/aromatic N) is 4. The maximum Gasteiger partial charge on any atom is 0.155 e. The van der Waals surface area contributed by atoms with Crippen molar-refractivity contribution >= 4 is 5.65 Å². The van der Waals surface area contributed by atoms with Crippen molar-refractivity contribution < 1.29 is 0 Å². The summed E-state index contributed by atoms with van der Waals surface area (Å²) in [4.78, 5) is 9.14. The summed E-state index contributed by atoms with van der Waals surface area (Å²) in [5.74, 6) is 0.686. The Morgan fingerprint density at radius 3 is 2.75 bits per heavy atom. The molecule has 124 valence electrons. The number of pyridine rings is 1. The Kier molecular flexibility index (Phi) is 3.81. The molecule has 4 rings (SSSR count). The molecular weight excluding hydrogens is 298 g/mol. The molecule has 5 heteroatoms. The first-order valence-corrected chi connectivity index (χ1v) is 8.62. The molecule has 1 fully saturated rings. The third-order valence-corrected chi connectivity index (χ3v) is 4.88. The second-order valence-corrected chi connectivity index (χ2v) is 6.81. The molecule has 0 saturated heterocycles. The summed E-state index contributed by atoms with van der Waals surface area (Å²) >= 11 is 0. The zero-order valence-electron chi connectivity index (χ0n) is 14.4. The molecule has 0 amide bonds. The summed E-state index contributed by atoms with van der Waals surface area (Å²) < 4.78 is 1.94. The Hall–Kier alpha value is -2.27. The number of hydrogen-bond acceptors (Lipinski definition) is 4. The van der Waals surface area contributed by atoms with Gasteiger partial charge in [0.2, 0.25) is 0 Å². The van der Waals surface area contributed by atoms with Crippen molar-refractivity contribution in [2.75, 3.05) is 0 Å². The molecule has 0 radical (unpaired) electrons. The van der Waals surface area contributed by atoms with Gasteiger partial charge in [-0.2, -0.15) is 5.10 Å². The van der Waals surface area contributed by atoms with E-state index >= 15 is 0 Å². The van der Waals surface area contributed by atoms with Gasteiger partial charge in [-0.25, -0.2) is 9.50 Å². The summed E-state index contributed by atoms with van der Waals surface area (Å²) in [5, 5.41) is 8.33. The molecule has 2 unspecified atom stereocenters. The minimum atomic E-state index is 0.194. The standard InChI is InChI=1S/C19H23N5/c1-12-10-18-21-11-16(14(3)24(18)23-12)13(2)22-19(15-7-8-15)17-6-4-5-9-20-17/h4-6,9-11,13,15,19,22H,7-8H2,1-3H3. The van der Waals surface area contributed by atoms with Crippen molar-refractivity contribution in [1.29, 1.82) is 0 Å². The van der Waals surface area contributed by atoms with Crippen LogP contribution in [0.25, 0.3) is 5.65 Å². The van der Waals surface area contributed by atoms with Crippen molar-refractivity contribution in [2.45, 2.75) is 45.7 Å². The van der Waals surface area contributed by atoms with Crippen molar-refractivity contribution in [3.05, 3.63) is 59.3 Å². The maximum atomic E-state index is 4.57. The predicted octanol–water partition coefficient (Wildman–Crippen LogP) is 3.54. The lowest BCUT2D eigenvalue weighted by atomic mass is 10.0. The minimum Gasteiger partial charge on any atom is -0.302 e. The van der Waals surface area contributed by atoms with E-state index in [9.17, 15) is 0 Å². The highest BCUT2D eigenvalue weighted by atomic mass is 15.3. The van der Waals surface area contributed by atoms with E-state index in [2.05, 4.69) is 46.4 Å². The second-order valence-electron chi connectivity index (χ2n) is 6.81. The third kappa shape index (κ3) is 2.80. The number of hydrogen-bond donors (Lipinski definition) is 1. The molecule has 1 aliphatic rings. The molecule has 3 aromatic rings. The SMILES string of the molecule is Cc1cc2ncc(C(C)NC(c3ccccn3)C3CC3)c(C)n2n1. The van der Waals surface area contributed by atoms with E-state index in [4.69, 9.17) is 0 Å². The lowest BCUT2D eigenvalue weighted by Gasteiger charge is -2.24. The Labute approximate surface area is 142 Å². The Bertz CT molecular complexity index is 851. The first-order valence-electron chi connectivity index (χ1n) is 8.62. The van der Waals surface area contributed by atoms with Crippen LogP contribution in [0, 0.1) is 19.8 Å². The zero-order chi connectivity index (χ0) is 16.7. The summed E-state index contributed by atoms with van der Waals surface area (Å²) in [6.07, 6.45) is 6.40. The number of aryl methyl sites for hydroxylation is 2. The van der Waals surface area contributed by atoms with Gasteiger partial charge in [0.25, 0.3) is 0 Å². The lowest BCUT2D eigenvalue weighted by molar-refractivity contribution is 0.416. The Morgan fingerprint density at radius 2 is 2.04 bits per heavy atom. The summed E-state index contributed by atoms with van der Waals surface area (Å²) in [5.41, 5.74) is 5.36. The van der Waals surface area contributed by atoms with Gasteiger partial charge in [0.05, 0.1) is 17.4 Å². The number of rotatable bonds is 5. The number of aromatic nitrogens is 4. The molecule has 1 N–H and O–H groups in total. The number of nitrogens with one attached hydrogen (secondary N) is 1. The predicted molar refractivity (Wildman–Crippen MR) is 93.7 cm³/mol. The average Bonchev–Trinajstić information content (AvgIpc) is 3.35. The van der Waals surface area contributed by atoms with E-state index in [0.717, 1.165) is 22.7 Å². The first-order chi connectivity index (χ1) is 11.6. The van der Waals surface area contributed by atoms with E-state index in [1.165, 1.54) is 18.4 Å². The fourth-order valence-corrected chi connectivity index (χ4v) is 3.41. The van der Waals surface area contributed by atoms with Gasteiger partial charge in [-0.1, -0.05) is 6.07 Å². The minimum absolute atomic E-state index is 0.194. The van der Waals surface area contributed by atoms with Gasteiger partial charge in [-0.3, -0.25) is 4.98 Å². The van der Waals surface area contributed by atoms with Crippen molar-refractivity contribution in [3.63, 3.8) is 0 Å². The monoisotopic (exact) mass is 321 g/mol. The van der Waals surface area contributed by atoms with Crippen LogP contribution in [0.15, 0.2) is 36.7 Å². The van der Waals surface area contributed by atoms with E-state index in [1.807, 2.05) is 36.0 Å². The summed E-state index contributed by atoms with van der Waals surface area (Å²) in [6, 6.07) is 8.66.